The molecule has 1 aromatic heterocycles. The molecule has 1 N–H and O–H groups in total. The van der Waals surface area contributed by atoms with E-state index >= 15 is 0 Å². The molecule has 0 aliphatic carbocycles. The lowest BCUT2D eigenvalue weighted by Crippen LogP contribution is -2.53. The molecule has 146 valence electrons. The summed E-state index contributed by atoms with van der Waals surface area (Å²) in [5.41, 5.74) is 1.06. The standard InChI is InChI=1S/C20H27FN4O2/c1-26-16-10-23-20(22-9-8-19-3-2-15-27-19)25-13-11-24(12-14-25)18-6-4-17(21)5-7-18/h2-7,15H,8-14,16H2,1H3,(H,22,23). The smallest absolute Gasteiger partial charge is 0.194 e. The van der Waals surface area contributed by atoms with E-state index in [1.54, 1.807) is 13.4 Å². The molecule has 0 atom stereocenters. The molecule has 0 bridgehead atoms. The van der Waals surface area contributed by atoms with Gasteiger partial charge in [-0.2, -0.15) is 0 Å². The molecule has 0 spiro atoms. The number of hydrogen-bond donors (Lipinski definition) is 1. The Morgan fingerprint density at radius 3 is 2.63 bits per heavy atom. The van der Waals surface area contributed by atoms with Crippen molar-refractivity contribution in [3.8, 4) is 0 Å². The highest BCUT2D eigenvalue weighted by Crippen LogP contribution is 2.17. The van der Waals surface area contributed by atoms with Crippen LogP contribution in [0.15, 0.2) is 52.1 Å². The van der Waals surface area contributed by atoms with Crippen LogP contribution in [0.1, 0.15) is 5.76 Å². The van der Waals surface area contributed by atoms with Gasteiger partial charge >= 0.3 is 0 Å². The second-order valence-corrected chi connectivity index (χ2v) is 6.40. The first-order chi connectivity index (χ1) is 13.3. The maximum atomic E-state index is 13.1. The zero-order valence-corrected chi connectivity index (χ0v) is 15.7. The van der Waals surface area contributed by atoms with Gasteiger partial charge in [-0.25, -0.2) is 4.39 Å². The number of ether oxygens (including phenoxy) is 1. The van der Waals surface area contributed by atoms with Crippen molar-refractivity contribution in [2.75, 3.05) is 57.9 Å². The molecule has 1 aliphatic rings. The third kappa shape index (κ3) is 5.72. The summed E-state index contributed by atoms with van der Waals surface area (Å²) in [5, 5.41) is 3.44. The van der Waals surface area contributed by atoms with Crippen molar-refractivity contribution < 1.29 is 13.5 Å². The number of guanidine groups is 1. The lowest BCUT2D eigenvalue weighted by atomic mass is 10.2. The van der Waals surface area contributed by atoms with Crippen molar-refractivity contribution in [3.05, 3.63) is 54.2 Å². The van der Waals surface area contributed by atoms with Crippen LogP contribution in [0.2, 0.25) is 0 Å². The van der Waals surface area contributed by atoms with Gasteiger partial charge in [-0.15, -0.1) is 0 Å². The molecule has 6 nitrogen and oxygen atoms in total. The maximum absolute atomic E-state index is 13.1. The Bertz CT molecular complexity index is 695. The van der Waals surface area contributed by atoms with Gasteiger partial charge < -0.3 is 24.3 Å². The van der Waals surface area contributed by atoms with Gasteiger partial charge in [0.25, 0.3) is 0 Å². The fraction of sp³-hybridized carbons (Fsp3) is 0.450. The number of benzene rings is 1. The van der Waals surface area contributed by atoms with E-state index < -0.39 is 0 Å². The highest BCUT2D eigenvalue weighted by atomic mass is 19.1. The predicted octanol–water partition coefficient (Wildman–Crippen LogP) is 2.38. The molecule has 0 radical (unpaired) electrons. The molecule has 3 rings (SSSR count). The fourth-order valence-electron chi connectivity index (χ4n) is 3.09. The van der Waals surface area contributed by atoms with Gasteiger partial charge in [0.05, 0.1) is 19.4 Å². The van der Waals surface area contributed by atoms with Crippen LogP contribution in [0.3, 0.4) is 0 Å². The lowest BCUT2D eigenvalue weighted by Gasteiger charge is -2.37. The van der Waals surface area contributed by atoms with Gasteiger partial charge in [0.2, 0.25) is 0 Å². The summed E-state index contributed by atoms with van der Waals surface area (Å²) >= 11 is 0. The Morgan fingerprint density at radius 2 is 1.96 bits per heavy atom. The number of aliphatic imine (C=N–C) groups is 1. The molecule has 0 unspecified atom stereocenters. The number of piperazine rings is 1. The monoisotopic (exact) mass is 374 g/mol. The minimum Gasteiger partial charge on any atom is -0.469 e. The average Bonchev–Trinajstić information content (AvgIpc) is 3.21. The van der Waals surface area contributed by atoms with Crippen LogP contribution >= 0.6 is 0 Å². The fourth-order valence-corrected chi connectivity index (χ4v) is 3.09. The SMILES string of the molecule is COCCN=C(NCCc1ccco1)N1CCN(c2ccc(F)cc2)CC1. The van der Waals surface area contributed by atoms with Crippen molar-refractivity contribution in [1.29, 1.82) is 0 Å². The number of hydrogen-bond acceptors (Lipinski definition) is 4. The minimum absolute atomic E-state index is 0.203. The molecule has 1 saturated heterocycles. The van der Waals surface area contributed by atoms with Crippen LogP contribution in [0.4, 0.5) is 10.1 Å². The first kappa shape index (κ1) is 19.2. The largest absolute Gasteiger partial charge is 0.469 e. The maximum Gasteiger partial charge on any atom is 0.194 e. The van der Waals surface area contributed by atoms with E-state index in [-0.39, 0.29) is 5.82 Å². The van der Waals surface area contributed by atoms with Crippen LogP contribution in [0.5, 0.6) is 0 Å². The van der Waals surface area contributed by atoms with Crippen molar-refractivity contribution in [3.63, 3.8) is 0 Å². The Balaban J connectivity index is 1.54. The summed E-state index contributed by atoms with van der Waals surface area (Å²) in [6, 6.07) is 10.6. The molecular formula is C20H27FN4O2. The molecule has 2 aromatic rings. The lowest BCUT2D eigenvalue weighted by molar-refractivity contribution is 0.207. The number of furan rings is 1. The third-order valence-corrected chi connectivity index (χ3v) is 4.56. The molecule has 1 aromatic carbocycles. The molecule has 0 saturated carbocycles. The van der Waals surface area contributed by atoms with E-state index in [4.69, 9.17) is 9.15 Å². The number of rotatable bonds is 7. The molecule has 2 heterocycles. The van der Waals surface area contributed by atoms with Gasteiger partial charge in [-0.3, -0.25) is 4.99 Å². The highest BCUT2D eigenvalue weighted by molar-refractivity contribution is 5.80. The Labute approximate surface area is 159 Å². The normalized spacial score (nSPS) is 15.3. The average molecular weight is 374 g/mol. The molecule has 0 amide bonds. The first-order valence-electron chi connectivity index (χ1n) is 9.31. The number of nitrogens with one attached hydrogen (secondary N) is 1. The van der Waals surface area contributed by atoms with E-state index in [9.17, 15) is 4.39 Å². The summed E-state index contributed by atoms with van der Waals surface area (Å²) in [5.74, 6) is 1.66. The van der Waals surface area contributed by atoms with Crippen LogP contribution in [0.25, 0.3) is 0 Å². The van der Waals surface area contributed by atoms with Crippen LogP contribution in [-0.4, -0.2) is 63.8 Å². The first-order valence-corrected chi connectivity index (χ1v) is 9.31. The van der Waals surface area contributed by atoms with Gasteiger partial charge in [-0.1, -0.05) is 0 Å². The van der Waals surface area contributed by atoms with E-state index in [1.807, 2.05) is 24.3 Å². The van der Waals surface area contributed by atoms with E-state index in [1.165, 1.54) is 12.1 Å². The van der Waals surface area contributed by atoms with E-state index in [0.29, 0.717) is 13.2 Å². The molecule has 1 fully saturated rings. The molecule has 7 heteroatoms. The van der Waals surface area contributed by atoms with Gasteiger partial charge in [-0.05, 0) is 36.4 Å². The number of methoxy groups -OCH3 is 1. The van der Waals surface area contributed by atoms with Crippen molar-refractivity contribution in [2.45, 2.75) is 6.42 Å². The van der Waals surface area contributed by atoms with E-state index in [2.05, 4.69) is 20.1 Å². The molecule has 1 aliphatic heterocycles. The molecule has 27 heavy (non-hydrogen) atoms. The summed E-state index contributed by atoms with van der Waals surface area (Å²) in [7, 11) is 1.68. The predicted molar refractivity (Wildman–Crippen MR) is 105 cm³/mol. The van der Waals surface area contributed by atoms with Crippen LogP contribution in [-0.2, 0) is 11.2 Å². The second-order valence-electron chi connectivity index (χ2n) is 6.40. The van der Waals surface area contributed by atoms with Gasteiger partial charge in [0.15, 0.2) is 5.96 Å². The van der Waals surface area contributed by atoms with Gasteiger partial charge in [0, 0.05) is 51.9 Å². The zero-order valence-electron chi connectivity index (χ0n) is 15.7. The minimum atomic E-state index is -0.203. The highest BCUT2D eigenvalue weighted by Gasteiger charge is 2.20. The van der Waals surface area contributed by atoms with Crippen molar-refractivity contribution in [2.24, 2.45) is 4.99 Å². The summed E-state index contributed by atoms with van der Waals surface area (Å²) in [6.45, 7) is 5.44. The van der Waals surface area contributed by atoms with Crippen molar-refractivity contribution >= 4 is 11.6 Å². The van der Waals surface area contributed by atoms with Crippen LogP contribution < -0.4 is 10.2 Å². The summed E-state index contributed by atoms with van der Waals surface area (Å²) < 4.78 is 23.6. The van der Waals surface area contributed by atoms with Crippen molar-refractivity contribution in [1.82, 2.24) is 10.2 Å². The molecular weight excluding hydrogens is 347 g/mol. The Morgan fingerprint density at radius 1 is 1.19 bits per heavy atom. The quantitative estimate of drug-likeness (QED) is 0.458. The summed E-state index contributed by atoms with van der Waals surface area (Å²) in [4.78, 5) is 9.20. The topological polar surface area (TPSA) is 53.2 Å². The van der Waals surface area contributed by atoms with Crippen LogP contribution in [0, 0.1) is 5.82 Å². The summed E-state index contributed by atoms with van der Waals surface area (Å²) in [6.07, 6.45) is 2.50. The second kappa shape index (κ2) is 9.97. The number of halogens is 1. The van der Waals surface area contributed by atoms with Gasteiger partial charge in [0.1, 0.15) is 11.6 Å². The third-order valence-electron chi connectivity index (χ3n) is 4.56. The Kier molecular flexibility index (Phi) is 7.10. The van der Waals surface area contributed by atoms with E-state index in [0.717, 1.165) is 56.6 Å². The zero-order chi connectivity index (χ0) is 18.9. The Hall–Kier alpha value is -2.54. The number of anilines is 1. The number of nitrogens with zero attached hydrogens (tertiary/aromatic N) is 3.